The lowest BCUT2D eigenvalue weighted by Crippen LogP contribution is -2.32. The number of rotatable bonds is 7. The van der Waals surface area contributed by atoms with E-state index in [0.717, 1.165) is 11.1 Å². The fourth-order valence-electron chi connectivity index (χ4n) is 2.04. The van der Waals surface area contributed by atoms with E-state index in [2.05, 4.69) is 5.32 Å². The SMILES string of the molecule is Cc1cccc(O[C@H](C)C(=O)OCC(=O)NCc2ccccc2)c1. The van der Waals surface area contributed by atoms with Crippen LogP contribution in [0.1, 0.15) is 18.1 Å². The van der Waals surface area contributed by atoms with Gasteiger partial charge in [-0.05, 0) is 37.1 Å². The number of ether oxygens (including phenoxy) is 2. The van der Waals surface area contributed by atoms with Crippen molar-refractivity contribution in [2.24, 2.45) is 0 Å². The molecule has 1 N–H and O–H groups in total. The Morgan fingerprint density at radius 3 is 2.54 bits per heavy atom. The van der Waals surface area contributed by atoms with Crippen molar-refractivity contribution in [1.82, 2.24) is 5.32 Å². The summed E-state index contributed by atoms with van der Waals surface area (Å²) in [6, 6.07) is 16.9. The average molecular weight is 327 g/mol. The van der Waals surface area contributed by atoms with Gasteiger partial charge in [0.25, 0.3) is 5.91 Å². The highest BCUT2D eigenvalue weighted by molar-refractivity contribution is 5.81. The van der Waals surface area contributed by atoms with Crippen LogP contribution in [0.15, 0.2) is 54.6 Å². The van der Waals surface area contributed by atoms with Crippen LogP contribution < -0.4 is 10.1 Å². The molecule has 1 amide bonds. The number of hydrogen-bond donors (Lipinski definition) is 1. The molecule has 0 radical (unpaired) electrons. The molecule has 0 unspecified atom stereocenters. The lowest BCUT2D eigenvalue weighted by Gasteiger charge is -2.14. The zero-order valence-electron chi connectivity index (χ0n) is 13.8. The van der Waals surface area contributed by atoms with Gasteiger partial charge in [0.05, 0.1) is 0 Å². The maximum atomic E-state index is 11.9. The first kappa shape index (κ1) is 17.5. The first-order valence-corrected chi connectivity index (χ1v) is 7.75. The molecule has 0 aromatic heterocycles. The minimum atomic E-state index is -0.784. The Kier molecular flexibility index (Phi) is 6.37. The van der Waals surface area contributed by atoms with Crippen LogP contribution in [0.5, 0.6) is 5.75 Å². The molecule has 0 saturated carbocycles. The van der Waals surface area contributed by atoms with Gasteiger partial charge in [-0.15, -0.1) is 0 Å². The van der Waals surface area contributed by atoms with Gasteiger partial charge in [0.2, 0.25) is 0 Å². The Morgan fingerprint density at radius 1 is 1.08 bits per heavy atom. The van der Waals surface area contributed by atoms with Gasteiger partial charge in [-0.1, -0.05) is 42.5 Å². The summed E-state index contributed by atoms with van der Waals surface area (Å²) in [5, 5.41) is 2.69. The maximum Gasteiger partial charge on any atom is 0.347 e. The van der Waals surface area contributed by atoms with E-state index >= 15 is 0 Å². The minimum absolute atomic E-state index is 0.326. The molecule has 0 saturated heterocycles. The fourth-order valence-corrected chi connectivity index (χ4v) is 2.04. The molecule has 2 aromatic rings. The predicted octanol–water partition coefficient (Wildman–Crippen LogP) is 2.62. The number of aryl methyl sites for hydroxylation is 1. The van der Waals surface area contributed by atoms with Crippen LogP contribution >= 0.6 is 0 Å². The molecule has 1 atom stereocenters. The molecular formula is C19H21NO4. The smallest absolute Gasteiger partial charge is 0.347 e. The number of carbonyl (C=O) groups excluding carboxylic acids is 2. The van der Waals surface area contributed by atoms with Crippen molar-refractivity contribution in [1.29, 1.82) is 0 Å². The summed E-state index contributed by atoms with van der Waals surface area (Å²) in [4.78, 5) is 23.6. The van der Waals surface area contributed by atoms with E-state index in [-0.39, 0.29) is 12.5 Å². The summed E-state index contributed by atoms with van der Waals surface area (Å²) in [5.41, 5.74) is 2.02. The Hall–Kier alpha value is -2.82. The van der Waals surface area contributed by atoms with Gasteiger partial charge in [-0.25, -0.2) is 4.79 Å². The largest absolute Gasteiger partial charge is 0.479 e. The lowest BCUT2D eigenvalue weighted by atomic mass is 10.2. The van der Waals surface area contributed by atoms with Crippen molar-refractivity contribution >= 4 is 11.9 Å². The van der Waals surface area contributed by atoms with Gasteiger partial charge in [0.15, 0.2) is 12.7 Å². The van der Waals surface area contributed by atoms with E-state index in [0.29, 0.717) is 12.3 Å². The first-order valence-electron chi connectivity index (χ1n) is 7.75. The summed E-state index contributed by atoms with van der Waals surface area (Å²) in [7, 11) is 0. The van der Waals surface area contributed by atoms with Crippen LogP contribution in [-0.2, 0) is 20.9 Å². The highest BCUT2D eigenvalue weighted by atomic mass is 16.6. The Morgan fingerprint density at radius 2 is 1.83 bits per heavy atom. The van der Waals surface area contributed by atoms with E-state index < -0.39 is 12.1 Å². The van der Waals surface area contributed by atoms with Crippen LogP contribution in [0.2, 0.25) is 0 Å². The molecule has 0 aliphatic carbocycles. The monoisotopic (exact) mass is 327 g/mol. The summed E-state index contributed by atoms with van der Waals surface area (Å²) >= 11 is 0. The Bertz CT molecular complexity index is 685. The van der Waals surface area contributed by atoms with E-state index in [4.69, 9.17) is 9.47 Å². The molecule has 0 spiro atoms. The van der Waals surface area contributed by atoms with Crippen molar-refractivity contribution in [2.45, 2.75) is 26.5 Å². The van der Waals surface area contributed by atoms with Gasteiger partial charge >= 0.3 is 5.97 Å². The zero-order valence-corrected chi connectivity index (χ0v) is 13.8. The molecule has 0 aliphatic rings. The number of nitrogens with one attached hydrogen (secondary N) is 1. The topological polar surface area (TPSA) is 64.6 Å². The lowest BCUT2D eigenvalue weighted by molar-refractivity contribution is -0.154. The number of esters is 1. The van der Waals surface area contributed by atoms with Gasteiger partial charge in [-0.2, -0.15) is 0 Å². The molecule has 5 heteroatoms. The standard InChI is InChI=1S/C19H21NO4/c1-14-7-6-10-17(11-14)24-15(2)19(22)23-13-18(21)20-12-16-8-4-3-5-9-16/h3-11,15H,12-13H2,1-2H3,(H,20,21)/t15-/m1/s1. The molecule has 0 heterocycles. The highest BCUT2D eigenvalue weighted by Crippen LogP contribution is 2.14. The Balaban J connectivity index is 1.72. The van der Waals surface area contributed by atoms with Crippen molar-refractivity contribution in [2.75, 3.05) is 6.61 Å². The van der Waals surface area contributed by atoms with E-state index in [1.807, 2.05) is 55.5 Å². The van der Waals surface area contributed by atoms with Crippen molar-refractivity contribution in [3.05, 3.63) is 65.7 Å². The molecule has 2 aromatic carbocycles. The molecule has 0 bridgehead atoms. The third kappa shape index (κ3) is 5.76. The van der Waals surface area contributed by atoms with Crippen molar-refractivity contribution < 1.29 is 19.1 Å². The number of hydrogen-bond acceptors (Lipinski definition) is 4. The third-order valence-electron chi connectivity index (χ3n) is 3.31. The second-order valence-corrected chi connectivity index (χ2v) is 5.45. The molecule has 0 fully saturated rings. The van der Waals surface area contributed by atoms with Gasteiger partial charge < -0.3 is 14.8 Å². The van der Waals surface area contributed by atoms with Crippen molar-refractivity contribution in [3.63, 3.8) is 0 Å². The van der Waals surface area contributed by atoms with Crippen LogP contribution in [0.4, 0.5) is 0 Å². The van der Waals surface area contributed by atoms with Gasteiger partial charge in [0, 0.05) is 6.54 Å². The number of amides is 1. The summed E-state index contributed by atoms with van der Waals surface area (Å²) in [6.45, 7) is 3.60. The van der Waals surface area contributed by atoms with Crippen LogP contribution in [0.3, 0.4) is 0 Å². The minimum Gasteiger partial charge on any atom is -0.479 e. The molecule has 5 nitrogen and oxygen atoms in total. The molecule has 24 heavy (non-hydrogen) atoms. The highest BCUT2D eigenvalue weighted by Gasteiger charge is 2.17. The second kappa shape index (κ2) is 8.72. The molecular weight excluding hydrogens is 306 g/mol. The number of benzene rings is 2. The van der Waals surface area contributed by atoms with Crippen LogP contribution in [0, 0.1) is 6.92 Å². The third-order valence-corrected chi connectivity index (χ3v) is 3.31. The van der Waals surface area contributed by atoms with Crippen LogP contribution in [-0.4, -0.2) is 24.6 Å². The van der Waals surface area contributed by atoms with E-state index in [1.165, 1.54) is 0 Å². The van der Waals surface area contributed by atoms with Crippen molar-refractivity contribution in [3.8, 4) is 5.75 Å². The summed E-state index contributed by atoms with van der Waals surface area (Å²) < 4.78 is 10.5. The quantitative estimate of drug-likeness (QED) is 0.794. The summed E-state index contributed by atoms with van der Waals surface area (Å²) in [6.07, 6.45) is -0.784. The molecule has 0 aliphatic heterocycles. The normalized spacial score (nSPS) is 11.4. The maximum absolute atomic E-state index is 11.9. The predicted molar refractivity (Wildman–Crippen MR) is 90.5 cm³/mol. The van der Waals surface area contributed by atoms with Crippen LogP contribution in [0.25, 0.3) is 0 Å². The molecule has 126 valence electrons. The number of carbonyl (C=O) groups is 2. The second-order valence-electron chi connectivity index (χ2n) is 5.45. The average Bonchev–Trinajstić information content (AvgIpc) is 2.58. The fraction of sp³-hybridized carbons (Fsp3) is 0.263. The van der Waals surface area contributed by atoms with Gasteiger partial charge in [0.1, 0.15) is 5.75 Å². The van der Waals surface area contributed by atoms with Gasteiger partial charge in [-0.3, -0.25) is 4.79 Å². The van der Waals surface area contributed by atoms with E-state index in [1.54, 1.807) is 13.0 Å². The Labute approximate surface area is 141 Å². The zero-order chi connectivity index (χ0) is 17.4. The molecule has 2 rings (SSSR count). The summed E-state index contributed by atoms with van der Waals surface area (Å²) in [5.74, 6) is -0.339. The first-order chi connectivity index (χ1) is 11.5. The van der Waals surface area contributed by atoms with E-state index in [9.17, 15) is 9.59 Å².